The van der Waals surface area contributed by atoms with E-state index in [9.17, 15) is 14.4 Å². The van der Waals surface area contributed by atoms with Crippen LogP contribution in [0.2, 0.25) is 0 Å². The second-order valence-corrected chi connectivity index (χ2v) is 4.82. The zero-order valence-electron chi connectivity index (χ0n) is 13.9. The molecule has 0 radical (unpaired) electrons. The molecule has 0 bridgehead atoms. The number of ether oxygens (including phenoxy) is 2. The first kappa shape index (κ1) is 19.2. The number of carbonyl (C=O) groups excluding carboxylic acids is 3. The number of benzene rings is 1. The third-order valence-electron chi connectivity index (χ3n) is 2.90. The van der Waals surface area contributed by atoms with E-state index in [1.165, 1.54) is 4.90 Å². The molecule has 2 amide bonds. The topological polar surface area (TPSA) is 84.9 Å². The fraction of sp³-hybridized carbons (Fsp3) is 0.353. The molecule has 0 fully saturated rings. The van der Waals surface area contributed by atoms with Gasteiger partial charge in [-0.25, -0.2) is 14.4 Å². The smallest absolute Gasteiger partial charge is 0.331 e. The van der Waals surface area contributed by atoms with Crippen molar-refractivity contribution in [3.63, 3.8) is 0 Å². The van der Waals surface area contributed by atoms with Gasteiger partial charge in [0.05, 0.1) is 13.2 Å². The number of carbonyl (C=O) groups is 3. The van der Waals surface area contributed by atoms with Crippen molar-refractivity contribution < 1.29 is 23.9 Å². The minimum Gasteiger partial charge on any atom is -0.463 e. The van der Waals surface area contributed by atoms with Crippen molar-refractivity contribution in [2.24, 2.45) is 0 Å². The standard InChI is InChI=1S/C17H22N2O5/c1-3-23-15(20)10-11-16(21)24-13-7-12-19(2)17(22)18-14-8-5-4-6-9-14/h4-6,8-11H,3,7,12-13H2,1-2H3,(H,18,22)/b11-10+. The number of nitrogens with one attached hydrogen (secondary N) is 1. The van der Waals surface area contributed by atoms with Crippen LogP contribution in [0.1, 0.15) is 13.3 Å². The summed E-state index contributed by atoms with van der Waals surface area (Å²) < 4.78 is 9.57. The quantitative estimate of drug-likeness (QED) is 0.447. The lowest BCUT2D eigenvalue weighted by atomic mass is 10.3. The third kappa shape index (κ3) is 7.98. The summed E-state index contributed by atoms with van der Waals surface area (Å²) in [6, 6.07) is 8.88. The second kappa shape index (κ2) is 10.8. The molecule has 0 aliphatic rings. The molecule has 7 heteroatoms. The van der Waals surface area contributed by atoms with Crippen molar-refractivity contribution in [3.8, 4) is 0 Å². The summed E-state index contributed by atoms with van der Waals surface area (Å²) in [7, 11) is 1.65. The number of rotatable bonds is 8. The van der Waals surface area contributed by atoms with Gasteiger partial charge in [-0.05, 0) is 25.5 Å². The van der Waals surface area contributed by atoms with Crippen LogP contribution in [-0.4, -0.2) is 49.7 Å². The predicted octanol–water partition coefficient (Wildman–Crippen LogP) is 2.20. The second-order valence-electron chi connectivity index (χ2n) is 4.82. The molecule has 0 aromatic heterocycles. The van der Waals surface area contributed by atoms with E-state index in [1.54, 1.807) is 26.1 Å². The van der Waals surface area contributed by atoms with Crippen LogP contribution < -0.4 is 5.32 Å². The molecule has 1 N–H and O–H groups in total. The maximum atomic E-state index is 11.9. The lowest BCUT2D eigenvalue weighted by Gasteiger charge is -2.17. The molecule has 0 atom stereocenters. The third-order valence-corrected chi connectivity index (χ3v) is 2.90. The first-order valence-electron chi connectivity index (χ1n) is 7.61. The zero-order chi connectivity index (χ0) is 17.8. The highest BCUT2D eigenvalue weighted by Crippen LogP contribution is 2.06. The van der Waals surface area contributed by atoms with Crippen LogP contribution in [0.4, 0.5) is 10.5 Å². The van der Waals surface area contributed by atoms with Crippen molar-refractivity contribution in [2.75, 3.05) is 32.1 Å². The van der Waals surface area contributed by atoms with E-state index in [2.05, 4.69) is 10.1 Å². The number of amides is 2. The van der Waals surface area contributed by atoms with E-state index in [-0.39, 0.29) is 19.2 Å². The molecular weight excluding hydrogens is 312 g/mol. The normalized spacial score (nSPS) is 10.2. The van der Waals surface area contributed by atoms with Crippen LogP contribution in [0.15, 0.2) is 42.5 Å². The van der Waals surface area contributed by atoms with Crippen molar-refractivity contribution in [1.82, 2.24) is 4.90 Å². The summed E-state index contributed by atoms with van der Waals surface area (Å²) in [5.41, 5.74) is 0.713. The molecule has 0 saturated heterocycles. The number of esters is 2. The fourth-order valence-corrected chi connectivity index (χ4v) is 1.69. The maximum absolute atomic E-state index is 11.9. The minimum atomic E-state index is -0.626. The van der Waals surface area contributed by atoms with Crippen LogP contribution in [0.5, 0.6) is 0 Å². The average Bonchev–Trinajstić information content (AvgIpc) is 2.57. The number of anilines is 1. The first-order valence-corrected chi connectivity index (χ1v) is 7.61. The SMILES string of the molecule is CCOC(=O)/C=C/C(=O)OCCCN(C)C(=O)Nc1ccccc1. The van der Waals surface area contributed by atoms with Gasteiger partial charge in [0.15, 0.2) is 0 Å². The Morgan fingerprint density at radius 2 is 1.71 bits per heavy atom. The van der Waals surface area contributed by atoms with Gasteiger partial charge >= 0.3 is 18.0 Å². The van der Waals surface area contributed by atoms with Crippen LogP contribution in [0.3, 0.4) is 0 Å². The number of nitrogens with zero attached hydrogens (tertiary/aromatic N) is 1. The van der Waals surface area contributed by atoms with E-state index in [1.807, 2.05) is 18.2 Å². The molecule has 0 aliphatic heterocycles. The largest absolute Gasteiger partial charge is 0.463 e. The summed E-state index contributed by atoms with van der Waals surface area (Å²) in [4.78, 5) is 35.8. The Balaban J connectivity index is 2.21. The molecular formula is C17H22N2O5. The van der Waals surface area contributed by atoms with Gasteiger partial charge in [0.1, 0.15) is 0 Å². The summed E-state index contributed by atoms with van der Waals surface area (Å²) in [5.74, 6) is -1.22. The van der Waals surface area contributed by atoms with Gasteiger partial charge in [0.2, 0.25) is 0 Å². The van der Waals surface area contributed by atoms with Crippen LogP contribution in [0.25, 0.3) is 0 Å². The van der Waals surface area contributed by atoms with Crippen molar-refractivity contribution in [1.29, 1.82) is 0 Å². The first-order chi connectivity index (χ1) is 11.5. The van der Waals surface area contributed by atoms with Crippen molar-refractivity contribution in [3.05, 3.63) is 42.5 Å². The maximum Gasteiger partial charge on any atom is 0.331 e. The number of hydrogen-bond acceptors (Lipinski definition) is 5. The van der Waals surface area contributed by atoms with E-state index in [0.717, 1.165) is 12.2 Å². The summed E-state index contributed by atoms with van der Waals surface area (Å²) >= 11 is 0. The molecule has 0 aliphatic carbocycles. The van der Waals surface area contributed by atoms with E-state index < -0.39 is 11.9 Å². The number of urea groups is 1. The molecule has 130 valence electrons. The van der Waals surface area contributed by atoms with Crippen molar-refractivity contribution in [2.45, 2.75) is 13.3 Å². The Morgan fingerprint density at radius 3 is 2.33 bits per heavy atom. The molecule has 24 heavy (non-hydrogen) atoms. The summed E-state index contributed by atoms with van der Waals surface area (Å²) in [6.07, 6.45) is 2.52. The molecule has 0 spiro atoms. The summed E-state index contributed by atoms with van der Waals surface area (Å²) in [5, 5.41) is 2.75. The molecule has 1 rings (SSSR count). The van der Waals surface area contributed by atoms with E-state index in [0.29, 0.717) is 18.7 Å². The Bertz CT molecular complexity index is 572. The van der Waals surface area contributed by atoms with Crippen LogP contribution >= 0.6 is 0 Å². The van der Waals surface area contributed by atoms with E-state index in [4.69, 9.17) is 4.74 Å². The van der Waals surface area contributed by atoms with Gasteiger partial charge in [-0.3, -0.25) is 0 Å². The van der Waals surface area contributed by atoms with Gasteiger partial charge in [0, 0.05) is 31.4 Å². The van der Waals surface area contributed by atoms with Gasteiger partial charge in [-0.2, -0.15) is 0 Å². The van der Waals surface area contributed by atoms with E-state index >= 15 is 0 Å². The molecule has 7 nitrogen and oxygen atoms in total. The Hall–Kier alpha value is -2.83. The molecule has 0 heterocycles. The fourth-order valence-electron chi connectivity index (χ4n) is 1.69. The molecule has 0 saturated carbocycles. The monoisotopic (exact) mass is 334 g/mol. The van der Waals surface area contributed by atoms with Gasteiger partial charge in [-0.1, -0.05) is 18.2 Å². The Labute approximate surface area is 141 Å². The lowest BCUT2D eigenvalue weighted by Crippen LogP contribution is -2.32. The highest BCUT2D eigenvalue weighted by atomic mass is 16.5. The molecule has 1 aromatic rings. The Kier molecular flexibility index (Phi) is 8.67. The van der Waals surface area contributed by atoms with Crippen LogP contribution in [-0.2, 0) is 19.1 Å². The van der Waals surface area contributed by atoms with Gasteiger partial charge in [0.25, 0.3) is 0 Å². The summed E-state index contributed by atoms with van der Waals surface area (Å²) in [6.45, 7) is 2.49. The lowest BCUT2D eigenvalue weighted by molar-refractivity contribution is -0.140. The van der Waals surface area contributed by atoms with Crippen molar-refractivity contribution >= 4 is 23.7 Å². The minimum absolute atomic E-state index is 0.148. The molecule has 1 aromatic carbocycles. The van der Waals surface area contributed by atoms with Gasteiger partial charge < -0.3 is 19.7 Å². The predicted molar refractivity (Wildman–Crippen MR) is 89.4 cm³/mol. The molecule has 0 unspecified atom stereocenters. The zero-order valence-corrected chi connectivity index (χ0v) is 13.9. The average molecular weight is 334 g/mol. The highest BCUT2D eigenvalue weighted by molar-refractivity contribution is 5.91. The number of para-hydroxylation sites is 1. The van der Waals surface area contributed by atoms with Gasteiger partial charge in [-0.15, -0.1) is 0 Å². The highest BCUT2D eigenvalue weighted by Gasteiger charge is 2.08. The van der Waals surface area contributed by atoms with Crippen LogP contribution in [0, 0.1) is 0 Å². The Morgan fingerprint density at radius 1 is 1.08 bits per heavy atom. The number of hydrogen-bond donors (Lipinski definition) is 1.